The fraction of sp³-hybridized carbons (Fsp3) is 0.316. The first kappa shape index (κ1) is 14.5. The molecule has 0 aliphatic rings. The number of hydrogen-bond acceptors (Lipinski definition) is 1. The molecule has 2 aromatic rings. The number of aryl methyl sites for hydroxylation is 2. The number of carbonyl (C=O) groups excluding carboxylic acids is 1. The first-order valence-electron chi connectivity index (χ1n) is 7.44. The van der Waals surface area contributed by atoms with Gasteiger partial charge in [0.2, 0.25) is 0 Å². The molecule has 0 fully saturated rings. The topological polar surface area (TPSA) is 17.1 Å². The summed E-state index contributed by atoms with van der Waals surface area (Å²) in [4.78, 5) is 11.8. The molecule has 0 aliphatic carbocycles. The van der Waals surface area contributed by atoms with E-state index in [1.807, 2.05) is 12.1 Å². The van der Waals surface area contributed by atoms with Crippen molar-refractivity contribution >= 4 is 5.78 Å². The molecule has 20 heavy (non-hydrogen) atoms. The molecule has 0 aromatic heterocycles. The molecule has 0 atom stereocenters. The highest BCUT2D eigenvalue weighted by atomic mass is 16.1. The minimum Gasteiger partial charge on any atom is -0.300 e. The van der Waals surface area contributed by atoms with Gasteiger partial charge in [0.25, 0.3) is 0 Å². The summed E-state index contributed by atoms with van der Waals surface area (Å²) in [5.41, 5.74) is 2.65. The molecule has 0 aliphatic heterocycles. The van der Waals surface area contributed by atoms with Gasteiger partial charge in [-0.25, -0.2) is 0 Å². The van der Waals surface area contributed by atoms with Crippen LogP contribution in [-0.4, -0.2) is 5.78 Å². The van der Waals surface area contributed by atoms with E-state index in [2.05, 4.69) is 48.5 Å². The normalized spacial score (nSPS) is 10.4. The summed E-state index contributed by atoms with van der Waals surface area (Å²) in [5, 5.41) is 0. The van der Waals surface area contributed by atoms with E-state index in [1.54, 1.807) is 0 Å². The van der Waals surface area contributed by atoms with Crippen LogP contribution in [0.1, 0.15) is 36.8 Å². The zero-order chi connectivity index (χ0) is 14.0. The minimum absolute atomic E-state index is 0.400. The molecule has 2 rings (SSSR count). The van der Waals surface area contributed by atoms with Crippen LogP contribution in [0.2, 0.25) is 0 Å². The number of hydrogen-bond donors (Lipinski definition) is 0. The summed E-state index contributed by atoms with van der Waals surface area (Å²) < 4.78 is 0. The fourth-order valence-corrected chi connectivity index (χ4v) is 2.39. The van der Waals surface area contributed by atoms with Crippen molar-refractivity contribution in [2.45, 2.75) is 38.5 Å². The van der Waals surface area contributed by atoms with E-state index < -0.39 is 0 Å². The quantitative estimate of drug-likeness (QED) is 0.682. The lowest BCUT2D eigenvalue weighted by Crippen LogP contribution is -2.00. The largest absolute Gasteiger partial charge is 0.300 e. The molecule has 1 heteroatoms. The van der Waals surface area contributed by atoms with Crippen LogP contribution in [-0.2, 0) is 17.6 Å². The molecule has 0 heterocycles. The summed E-state index contributed by atoms with van der Waals surface area (Å²) in [6.45, 7) is 0. The third-order valence-electron chi connectivity index (χ3n) is 3.53. The van der Waals surface area contributed by atoms with E-state index in [1.165, 1.54) is 11.1 Å². The van der Waals surface area contributed by atoms with E-state index in [4.69, 9.17) is 0 Å². The molecule has 0 radical (unpaired) electrons. The Hall–Kier alpha value is -1.89. The van der Waals surface area contributed by atoms with Gasteiger partial charge < -0.3 is 0 Å². The first-order valence-corrected chi connectivity index (χ1v) is 7.44. The highest BCUT2D eigenvalue weighted by Gasteiger charge is 2.02. The zero-order valence-corrected chi connectivity index (χ0v) is 11.9. The molecule has 104 valence electrons. The maximum atomic E-state index is 11.8. The lowest BCUT2D eigenvalue weighted by atomic mass is 10.0. The van der Waals surface area contributed by atoms with Crippen LogP contribution in [0.25, 0.3) is 0 Å². The van der Waals surface area contributed by atoms with E-state index in [0.717, 1.165) is 25.7 Å². The van der Waals surface area contributed by atoms with Crippen molar-refractivity contribution in [2.75, 3.05) is 0 Å². The highest BCUT2D eigenvalue weighted by molar-refractivity contribution is 5.78. The van der Waals surface area contributed by atoms with Crippen molar-refractivity contribution in [2.24, 2.45) is 0 Å². The molecule has 0 unspecified atom stereocenters. The molecule has 0 saturated carbocycles. The second kappa shape index (κ2) is 8.31. The lowest BCUT2D eigenvalue weighted by Gasteiger charge is -2.03. The molecule has 0 spiro atoms. The summed E-state index contributed by atoms with van der Waals surface area (Å²) >= 11 is 0. The number of carbonyl (C=O) groups is 1. The third kappa shape index (κ3) is 5.40. The maximum absolute atomic E-state index is 11.8. The molecule has 0 bridgehead atoms. The average molecular weight is 266 g/mol. The Morgan fingerprint density at radius 3 is 1.45 bits per heavy atom. The second-order valence-electron chi connectivity index (χ2n) is 5.22. The van der Waals surface area contributed by atoms with Crippen molar-refractivity contribution in [3.8, 4) is 0 Å². The number of benzene rings is 2. The summed E-state index contributed by atoms with van der Waals surface area (Å²) in [6, 6.07) is 20.8. The predicted octanol–water partition coefficient (Wildman–Crippen LogP) is 4.60. The van der Waals surface area contributed by atoms with E-state index >= 15 is 0 Å². The van der Waals surface area contributed by atoms with Gasteiger partial charge in [-0.05, 0) is 36.8 Å². The molecule has 0 saturated heterocycles. The number of Topliss-reactive ketones (excluding diaryl/α,β-unsaturated/α-hetero) is 1. The van der Waals surface area contributed by atoms with Crippen molar-refractivity contribution < 1.29 is 4.79 Å². The summed E-state index contributed by atoms with van der Waals surface area (Å²) in [6.07, 6.45) is 5.37. The zero-order valence-electron chi connectivity index (χ0n) is 11.9. The molecule has 1 nitrogen and oxygen atoms in total. The van der Waals surface area contributed by atoms with E-state index in [0.29, 0.717) is 18.6 Å². The first-order chi connectivity index (χ1) is 9.84. The molecule has 0 N–H and O–H groups in total. The van der Waals surface area contributed by atoms with Crippen LogP contribution in [0.15, 0.2) is 60.7 Å². The Labute approximate surface area is 121 Å². The van der Waals surface area contributed by atoms with Crippen molar-refractivity contribution in [3.05, 3.63) is 71.8 Å². The summed E-state index contributed by atoms with van der Waals surface area (Å²) in [5.74, 6) is 0.400. The minimum atomic E-state index is 0.400. The van der Waals surface area contributed by atoms with Gasteiger partial charge >= 0.3 is 0 Å². The predicted molar refractivity (Wildman–Crippen MR) is 83.8 cm³/mol. The third-order valence-corrected chi connectivity index (χ3v) is 3.53. The van der Waals surface area contributed by atoms with E-state index in [9.17, 15) is 4.79 Å². The smallest absolute Gasteiger partial charge is 0.132 e. The molecular weight excluding hydrogens is 244 g/mol. The van der Waals surface area contributed by atoms with Crippen LogP contribution in [0.3, 0.4) is 0 Å². The van der Waals surface area contributed by atoms with Crippen LogP contribution in [0.5, 0.6) is 0 Å². The molecule has 0 amide bonds. The van der Waals surface area contributed by atoms with Crippen LogP contribution < -0.4 is 0 Å². The fourth-order valence-electron chi connectivity index (χ4n) is 2.39. The van der Waals surface area contributed by atoms with Gasteiger partial charge in [-0.2, -0.15) is 0 Å². The van der Waals surface area contributed by atoms with Crippen LogP contribution in [0.4, 0.5) is 0 Å². The van der Waals surface area contributed by atoms with Crippen molar-refractivity contribution in [1.29, 1.82) is 0 Å². The van der Waals surface area contributed by atoms with Gasteiger partial charge in [0.05, 0.1) is 0 Å². The Balaban J connectivity index is 1.59. The van der Waals surface area contributed by atoms with Crippen LogP contribution >= 0.6 is 0 Å². The van der Waals surface area contributed by atoms with E-state index in [-0.39, 0.29) is 0 Å². The number of rotatable bonds is 8. The van der Waals surface area contributed by atoms with Gasteiger partial charge in [0, 0.05) is 12.8 Å². The standard InChI is InChI=1S/C19H22O/c20-19(15-7-13-17-9-3-1-4-10-17)16-8-14-18-11-5-2-6-12-18/h1-6,9-12H,7-8,13-16H2. The van der Waals surface area contributed by atoms with Crippen molar-refractivity contribution in [3.63, 3.8) is 0 Å². The molecular formula is C19H22O. The average Bonchev–Trinajstić information content (AvgIpc) is 2.49. The monoisotopic (exact) mass is 266 g/mol. The SMILES string of the molecule is O=C(CCCc1ccccc1)CCCc1ccccc1. The Morgan fingerprint density at radius 2 is 1.05 bits per heavy atom. The second-order valence-corrected chi connectivity index (χ2v) is 5.22. The Kier molecular flexibility index (Phi) is 6.04. The Morgan fingerprint density at radius 1 is 0.650 bits per heavy atom. The highest BCUT2D eigenvalue weighted by Crippen LogP contribution is 2.09. The van der Waals surface area contributed by atoms with Gasteiger partial charge in [-0.1, -0.05) is 60.7 Å². The van der Waals surface area contributed by atoms with Gasteiger partial charge in [0.15, 0.2) is 0 Å². The summed E-state index contributed by atoms with van der Waals surface area (Å²) in [7, 11) is 0. The maximum Gasteiger partial charge on any atom is 0.132 e. The van der Waals surface area contributed by atoms with Gasteiger partial charge in [-0.15, -0.1) is 0 Å². The van der Waals surface area contributed by atoms with Crippen LogP contribution in [0, 0.1) is 0 Å². The van der Waals surface area contributed by atoms with Gasteiger partial charge in [-0.3, -0.25) is 4.79 Å². The molecule has 2 aromatic carbocycles. The van der Waals surface area contributed by atoms with Crippen molar-refractivity contribution in [1.82, 2.24) is 0 Å². The lowest BCUT2D eigenvalue weighted by molar-refractivity contribution is -0.119. The van der Waals surface area contributed by atoms with Gasteiger partial charge in [0.1, 0.15) is 5.78 Å². The number of ketones is 1. The Bertz CT molecular complexity index is 454.